The van der Waals surface area contributed by atoms with E-state index in [9.17, 15) is 0 Å². The number of anilines is 12. The number of hydrogen-bond donors (Lipinski definition) is 0. The van der Waals surface area contributed by atoms with Crippen LogP contribution in [0.3, 0.4) is 0 Å². The first kappa shape index (κ1) is 50.6. The molecule has 17 rings (SSSR count). The third kappa shape index (κ3) is 6.98. The highest BCUT2D eigenvalue weighted by Gasteiger charge is 2.52. The molecule has 0 unspecified atom stereocenters. The van der Waals surface area contributed by atoms with E-state index in [1.54, 1.807) is 0 Å². The number of benzene rings is 7. The van der Waals surface area contributed by atoms with Crippen LogP contribution in [0.5, 0.6) is 0 Å². The Labute approximate surface area is 502 Å². The van der Waals surface area contributed by atoms with Crippen LogP contribution in [0.1, 0.15) is 115 Å². The second-order valence-electron chi connectivity index (χ2n) is 27.5. The van der Waals surface area contributed by atoms with E-state index in [2.05, 4.69) is 259 Å². The van der Waals surface area contributed by atoms with E-state index in [-0.39, 0.29) is 35.1 Å². The molecular formula is C74H66B2N6S2. The minimum atomic E-state index is -0.122. The highest BCUT2D eigenvalue weighted by molar-refractivity contribution is 7.34. The Bertz CT molecular complexity index is 4360. The molecule has 4 aliphatic heterocycles. The molecule has 0 atom stereocenters. The summed E-state index contributed by atoms with van der Waals surface area (Å²) in [5.41, 5.74) is 24.9. The summed E-state index contributed by atoms with van der Waals surface area (Å²) in [6, 6.07) is 65.3. The fourth-order valence-electron chi connectivity index (χ4n) is 16.0. The van der Waals surface area contributed by atoms with Crippen LogP contribution in [-0.2, 0) is 21.7 Å². The number of hydrogen-bond acceptors (Lipinski definition) is 8. The molecule has 410 valence electrons. The van der Waals surface area contributed by atoms with Crippen molar-refractivity contribution in [1.82, 2.24) is 9.97 Å². The zero-order valence-electron chi connectivity index (χ0n) is 49.6. The molecule has 8 heterocycles. The fourth-order valence-corrected chi connectivity index (χ4v) is 18.6. The van der Waals surface area contributed by atoms with Crippen LogP contribution in [0.2, 0.25) is 0 Å². The van der Waals surface area contributed by atoms with E-state index in [1.807, 2.05) is 22.7 Å². The number of fused-ring (bicyclic) bond motifs is 14. The van der Waals surface area contributed by atoms with Gasteiger partial charge in [0.1, 0.15) is 11.6 Å². The van der Waals surface area contributed by atoms with Gasteiger partial charge >= 0.3 is 0 Å². The smallest absolute Gasteiger partial charge is 0.266 e. The van der Waals surface area contributed by atoms with Gasteiger partial charge in [0.2, 0.25) is 0 Å². The maximum atomic E-state index is 5.72. The summed E-state index contributed by atoms with van der Waals surface area (Å²) < 4.78 is 5.26. The van der Waals surface area contributed by atoms with E-state index >= 15 is 0 Å². The van der Waals surface area contributed by atoms with Gasteiger partial charge in [-0.15, -0.1) is 22.7 Å². The molecule has 7 aromatic carbocycles. The fraction of sp³-hybridized carbons (Fsp3) is 0.243. The first-order valence-electron chi connectivity index (χ1n) is 30.3. The SMILES string of the molecule is Cc1cc2c3c(n1)N(c1ccccc1)c1c(sc4ccccc14)B3c1cc3c(cc1N2c1ccc2c(c1)C(C)(C)CCC2(C)C)N(c1ccc2c(c1)C(C)(C)CCC2(C)C)c1cc(C)nc2c1B3c1sc3ccccc3c1N2c1ccccc1. The zero-order chi connectivity index (χ0) is 57.1. The van der Waals surface area contributed by atoms with Gasteiger partial charge in [0.05, 0.1) is 11.4 Å². The molecule has 0 saturated carbocycles. The summed E-state index contributed by atoms with van der Waals surface area (Å²) in [5.74, 6) is 2.00. The first-order chi connectivity index (χ1) is 40.5. The van der Waals surface area contributed by atoms with Crippen LogP contribution >= 0.6 is 22.7 Å². The van der Waals surface area contributed by atoms with Gasteiger partial charge < -0.3 is 9.80 Å². The van der Waals surface area contributed by atoms with Crippen molar-refractivity contribution in [3.63, 3.8) is 0 Å². The second kappa shape index (κ2) is 17.4. The molecule has 0 N–H and O–H groups in total. The highest BCUT2D eigenvalue weighted by atomic mass is 32.1. The molecule has 2 aliphatic carbocycles. The predicted octanol–water partition coefficient (Wildman–Crippen LogP) is 16.4. The molecular weight excluding hydrogens is 1060 g/mol. The van der Waals surface area contributed by atoms with Crippen LogP contribution < -0.4 is 51.0 Å². The summed E-state index contributed by atoms with van der Waals surface area (Å²) in [5, 5.41) is 2.51. The number of thiophene rings is 2. The van der Waals surface area contributed by atoms with Gasteiger partial charge in [-0.2, -0.15) is 0 Å². The Morgan fingerprint density at radius 2 is 0.750 bits per heavy atom. The van der Waals surface area contributed by atoms with E-state index < -0.39 is 0 Å². The predicted molar refractivity (Wildman–Crippen MR) is 361 cm³/mol. The highest BCUT2D eigenvalue weighted by Crippen LogP contribution is 2.55. The molecule has 6 aliphatic rings. The van der Waals surface area contributed by atoms with Crippen molar-refractivity contribution >= 4 is 156 Å². The lowest BCUT2D eigenvalue weighted by Gasteiger charge is -2.47. The first-order valence-corrected chi connectivity index (χ1v) is 31.9. The van der Waals surface area contributed by atoms with Crippen molar-refractivity contribution in [3.05, 3.63) is 203 Å². The van der Waals surface area contributed by atoms with Crippen LogP contribution in [0.25, 0.3) is 20.2 Å². The Morgan fingerprint density at radius 3 is 1.17 bits per heavy atom. The van der Waals surface area contributed by atoms with E-state index in [0.717, 1.165) is 60.1 Å². The number of pyridine rings is 2. The van der Waals surface area contributed by atoms with Crippen molar-refractivity contribution in [1.29, 1.82) is 0 Å². The van der Waals surface area contributed by atoms with E-state index in [4.69, 9.17) is 9.97 Å². The summed E-state index contributed by atoms with van der Waals surface area (Å²) >= 11 is 3.91. The van der Waals surface area contributed by atoms with Crippen LogP contribution in [0, 0.1) is 13.8 Å². The number of aryl methyl sites for hydroxylation is 2. The quantitative estimate of drug-likeness (QED) is 0.164. The second-order valence-corrected chi connectivity index (χ2v) is 29.7. The molecule has 10 heteroatoms. The molecule has 0 fully saturated rings. The summed E-state index contributed by atoms with van der Waals surface area (Å²) in [6.07, 6.45) is 4.59. The zero-order valence-corrected chi connectivity index (χ0v) is 51.3. The molecule has 0 saturated heterocycles. The lowest BCUT2D eigenvalue weighted by molar-refractivity contribution is 0.332. The molecule has 11 aromatic rings. The van der Waals surface area contributed by atoms with Crippen molar-refractivity contribution in [2.24, 2.45) is 0 Å². The van der Waals surface area contributed by atoms with Crippen LogP contribution in [0.4, 0.5) is 68.5 Å². The minimum Gasteiger partial charge on any atom is -0.311 e. The van der Waals surface area contributed by atoms with Crippen LogP contribution in [0.15, 0.2) is 170 Å². The average Bonchev–Trinajstić information content (AvgIpc) is 1.19. The third-order valence-electron chi connectivity index (χ3n) is 20.4. The summed E-state index contributed by atoms with van der Waals surface area (Å²) in [7, 11) is 0. The van der Waals surface area contributed by atoms with Gasteiger partial charge in [0.25, 0.3) is 13.4 Å². The lowest BCUT2D eigenvalue weighted by Crippen LogP contribution is -2.64. The largest absolute Gasteiger partial charge is 0.311 e. The number of aromatic nitrogens is 2. The van der Waals surface area contributed by atoms with Gasteiger partial charge in [0, 0.05) is 86.6 Å². The van der Waals surface area contributed by atoms with Gasteiger partial charge in [-0.25, -0.2) is 9.97 Å². The molecule has 4 aromatic heterocycles. The molecule has 0 spiro atoms. The maximum Gasteiger partial charge on any atom is 0.266 e. The minimum absolute atomic E-state index is 0.00296. The van der Waals surface area contributed by atoms with Crippen LogP contribution in [-0.4, -0.2) is 23.4 Å². The number of rotatable bonds is 4. The van der Waals surface area contributed by atoms with Gasteiger partial charge in [-0.1, -0.05) is 146 Å². The molecule has 0 bridgehead atoms. The molecule has 0 amide bonds. The standard InChI is InChI=1S/C74H66B2N6S2/c1-43-37-59-63-69(77-43)81(45-21-13-11-14-22-45)65-49-25-17-19-27-61(49)83-67(65)75(63)55-41-56-58(42-57(55)79(59)47-29-31-51-53(39-47)73(7,8)35-33-71(51,3)4)80(48-30-32-52-54(40-48)74(9,10)36-34-72(52,5)6)60-38-44(2)78-70-64(60)76(56)68-66(50-26-18-20-28-62(50)84-68)82(70)46-23-15-12-16-24-46/h11-32,37-42H,33-36H2,1-10H3. The molecule has 0 radical (unpaired) electrons. The van der Waals surface area contributed by atoms with Crippen molar-refractivity contribution in [2.75, 3.05) is 19.6 Å². The van der Waals surface area contributed by atoms with Crippen molar-refractivity contribution < 1.29 is 0 Å². The summed E-state index contributed by atoms with van der Waals surface area (Å²) in [6.45, 7) is 23.8. The Kier molecular flexibility index (Phi) is 10.5. The van der Waals surface area contributed by atoms with E-state index in [0.29, 0.717) is 0 Å². The van der Waals surface area contributed by atoms with Gasteiger partial charge in [-0.05, 0) is 184 Å². The topological polar surface area (TPSA) is 38.7 Å². The number of para-hydroxylation sites is 2. The van der Waals surface area contributed by atoms with Crippen molar-refractivity contribution in [2.45, 2.75) is 117 Å². The Morgan fingerprint density at radius 1 is 0.369 bits per heavy atom. The lowest BCUT2D eigenvalue weighted by atomic mass is 9.33. The average molecular weight is 1130 g/mol. The maximum absolute atomic E-state index is 5.72. The van der Waals surface area contributed by atoms with E-state index in [1.165, 1.54) is 119 Å². The third-order valence-corrected chi connectivity index (χ3v) is 22.9. The summed E-state index contributed by atoms with van der Waals surface area (Å²) in [4.78, 5) is 21.8. The Hall–Kier alpha value is -7.91. The normalized spacial score (nSPS) is 17.7. The Balaban J connectivity index is 1.02. The van der Waals surface area contributed by atoms with Gasteiger partial charge in [-0.3, -0.25) is 9.80 Å². The van der Waals surface area contributed by atoms with Crippen molar-refractivity contribution in [3.8, 4) is 0 Å². The molecule has 6 nitrogen and oxygen atoms in total. The van der Waals surface area contributed by atoms with Gasteiger partial charge in [0.15, 0.2) is 0 Å². The molecule has 84 heavy (non-hydrogen) atoms. The number of nitrogens with zero attached hydrogens (tertiary/aromatic N) is 6. The monoisotopic (exact) mass is 1120 g/mol.